The number of phenols is 1. The Kier molecular flexibility index (Phi) is 6.71. The molecule has 0 amide bonds. The van der Waals surface area contributed by atoms with Crippen LogP contribution in [0.5, 0.6) is 5.75 Å². The molecule has 1 aliphatic rings. The first-order valence-electron chi connectivity index (χ1n) is 11.8. The van der Waals surface area contributed by atoms with Crippen molar-refractivity contribution >= 4 is 21.6 Å². The van der Waals surface area contributed by atoms with Crippen LogP contribution >= 0.6 is 11.3 Å². The second-order valence-electron chi connectivity index (χ2n) is 9.12. The minimum Gasteiger partial charge on any atom is -0.506 e. The highest BCUT2D eigenvalue weighted by atomic mass is 32.1. The molecule has 0 spiro atoms. The van der Waals surface area contributed by atoms with Crippen LogP contribution in [0.2, 0.25) is 0 Å². The second-order valence-corrected chi connectivity index (χ2v) is 10.1. The van der Waals surface area contributed by atoms with E-state index in [-0.39, 0.29) is 22.0 Å². The van der Waals surface area contributed by atoms with E-state index in [0.717, 1.165) is 42.7 Å². The minimum absolute atomic E-state index is 0.00339. The quantitative estimate of drug-likeness (QED) is 0.215. The lowest BCUT2D eigenvalue weighted by Crippen LogP contribution is -2.28. The molecule has 0 radical (unpaired) electrons. The Bertz CT molecular complexity index is 1360. The molecule has 1 heterocycles. The van der Waals surface area contributed by atoms with Gasteiger partial charge in [0, 0.05) is 24.2 Å². The summed E-state index contributed by atoms with van der Waals surface area (Å²) in [5.41, 5.74) is 4.51. The highest BCUT2D eigenvalue weighted by Crippen LogP contribution is 2.45. The van der Waals surface area contributed by atoms with E-state index in [2.05, 4.69) is 39.9 Å². The third-order valence-corrected chi connectivity index (χ3v) is 7.61. The number of hydrogen-bond donors (Lipinski definition) is 5. The number of aromatic hydroxyl groups is 1. The number of halogens is 1. The number of benzene rings is 3. The molecule has 1 fully saturated rings. The van der Waals surface area contributed by atoms with E-state index in [1.165, 1.54) is 29.3 Å². The zero-order chi connectivity index (χ0) is 24.4. The van der Waals surface area contributed by atoms with Crippen molar-refractivity contribution in [3.63, 3.8) is 0 Å². The number of nitrogens with one attached hydrogen (secondary N) is 3. The molecule has 1 aliphatic carbocycles. The van der Waals surface area contributed by atoms with Crippen molar-refractivity contribution < 1.29 is 14.6 Å². The fraction of sp³-hybridized carbons (Fsp3) is 0.296. The molecular weight excluding hydrogens is 465 g/mol. The van der Waals surface area contributed by atoms with Crippen molar-refractivity contribution in [2.45, 2.75) is 37.5 Å². The van der Waals surface area contributed by atoms with Gasteiger partial charge in [0.2, 0.25) is 0 Å². The Balaban J connectivity index is 1.09. The Morgan fingerprint density at radius 2 is 1.74 bits per heavy atom. The van der Waals surface area contributed by atoms with Crippen molar-refractivity contribution in [3.8, 4) is 5.75 Å². The zero-order valence-electron chi connectivity index (χ0n) is 19.2. The van der Waals surface area contributed by atoms with Gasteiger partial charge in [-0.2, -0.15) is 0 Å². The van der Waals surface area contributed by atoms with Gasteiger partial charge in [0.1, 0.15) is 17.1 Å². The molecule has 3 aromatic carbocycles. The number of aromatic amines is 1. The summed E-state index contributed by atoms with van der Waals surface area (Å²) in [4.78, 5) is 14.0. The van der Waals surface area contributed by atoms with E-state index < -0.39 is 6.10 Å². The first-order chi connectivity index (χ1) is 16.9. The molecule has 5 rings (SSSR count). The van der Waals surface area contributed by atoms with Crippen LogP contribution in [0.4, 0.5) is 4.39 Å². The highest BCUT2D eigenvalue weighted by Gasteiger charge is 2.43. The number of fused-ring (bicyclic) bond motifs is 1. The molecule has 0 bridgehead atoms. The summed E-state index contributed by atoms with van der Waals surface area (Å²) in [6, 6.07) is 18.4. The lowest BCUT2D eigenvalue weighted by Gasteiger charge is -2.18. The predicted octanol–water partition coefficient (Wildman–Crippen LogP) is 4.08. The summed E-state index contributed by atoms with van der Waals surface area (Å²) in [6.07, 6.45) is 2.16. The molecule has 182 valence electrons. The van der Waals surface area contributed by atoms with Gasteiger partial charge in [-0.25, -0.2) is 4.39 Å². The van der Waals surface area contributed by atoms with E-state index in [1.54, 1.807) is 6.07 Å². The van der Waals surface area contributed by atoms with Crippen molar-refractivity contribution in [1.29, 1.82) is 0 Å². The number of hydrogen-bond acceptors (Lipinski definition) is 6. The molecule has 6 nitrogen and oxygen atoms in total. The van der Waals surface area contributed by atoms with Crippen LogP contribution in [0.25, 0.3) is 10.2 Å². The predicted molar refractivity (Wildman–Crippen MR) is 136 cm³/mol. The highest BCUT2D eigenvalue weighted by molar-refractivity contribution is 7.16. The lowest BCUT2D eigenvalue weighted by molar-refractivity contribution is 0.176. The first kappa shape index (κ1) is 23.7. The van der Waals surface area contributed by atoms with Crippen LogP contribution in [0, 0.1) is 5.82 Å². The number of aliphatic hydroxyl groups excluding tert-OH is 1. The van der Waals surface area contributed by atoms with Gasteiger partial charge in [-0.3, -0.25) is 4.79 Å². The Hall–Kier alpha value is -3.04. The molecule has 0 aliphatic heterocycles. The maximum atomic E-state index is 13.2. The second kappa shape index (κ2) is 9.91. The average Bonchev–Trinajstić information content (AvgIpc) is 3.54. The monoisotopic (exact) mass is 493 g/mol. The van der Waals surface area contributed by atoms with Gasteiger partial charge in [-0.1, -0.05) is 53.8 Å². The summed E-state index contributed by atoms with van der Waals surface area (Å²) >= 11 is 0.988. The Morgan fingerprint density at radius 3 is 2.46 bits per heavy atom. The van der Waals surface area contributed by atoms with Gasteiger partial charge in [-0.15, -0.1) is 0 Å². The van der Waals surface area contributed by atoms with Crippen molar-refractivity contribution in [3.05, 3.63) is 98.4 Å². The first-order valence-corrected chi connectivity index (χ1v) is 12.6. The maximum Gasteiger partial charge on any atom is 0.305 e. The van der Waals surface area contributed by atoms with E-state index in [9.17, 15) is 19.4 Å². The standard InChI is InChI=1S/C27H28FN3O3S/c28-20-7-5-19(6-8-20)27(12-13-27)30-15-18-3-1-17(2-4-18)11-14-29-16-23(33)21-9-10-22(32)24-25(21)35-26(34)31-24/h1-10,23,29-30,32-33H,11-16H2,(H,31,34)/t23-/m0/s1. The van der Waals surface area contributed by atoms with E-state index in [0.29, 0.717) is 28.9 Å². The third-order valence-electron chi connectivity index (χ3n) is 6.68. The molecule has 1 atom stereocenters. The fourth-order valence-corrected chi connectivity index (χ4v) is 5.36. The molecule has 0 saturated heterocycles. The Morgan fingerprint density at radius 1 is 1.03 bits per heavy atom. The van der Waals surface area contributed by atoms with E-state index in [1.807, 2.05) is 12.1 Å². The van der Waals surface area contributed by atoms with Crippen LogP contribution in [-0.2, 0) is 18.5 Å². The molecule has 5 N–H and O–H groups in total. The molecule has 1 aromatic heterocycles. The van der Waals surface area contributed by atoms with Crippen LogP contribution in [0.15, 0.2) is 65.5 Å². The van der Waals surface area contributed by atoms with Crippen LogP contribution in [-0.4, -0.2) is 28.3 Å². The fourth-order valence-electron chi connectivity index (χ4n) is 4.44. The van der Waals surface area contributed by atoms with Crippen molar-refractivity contribution in [2.75, 3.05) is 13.1 Å². The molecule has 0 unspecified atom stereocenters. The third kappa shape index (κ3) is 5.31. The SMILES string of the molecule is O=c1[nH]c2c(O)ccc([C@@H](O)CNCCc3ccc(CNC4(c5ccc(F)cc5)CC4)cc3)c2s1. The van der Waals surface area contributed by atoms with Gasteiger partial charge in [0.05, 0.1) is 10.8 Å². The largest absolute Gasteiger partial charge is 0.506 e. The number of phenolic OH excluding ortho intramolecular Hbond substituents is 1. The van der Waals surface area contributed by atoms with Crippen LogP contribution in [0.3, 0.4) is 0 Å². The number of aliphatic hydroxyl groups is 1. The maximum absolute atomic E-state index is 13.2. The average molecular weight is 494 g/mol. The van der Waals surface area contributed by atoms with Gasteiger partial charge in [-0.05, 0) is 60.7 Å². The molecule has 1 saturated carbocycles. The molecular formula is C27H28FN3O3S. The van der Waals surface area contributed by atoms with E-state index in [4.69, 9.17) is 0 Å². The van der Waals surface area contributed by atoms with Crippen molar-refractivity contribution in [1.82, 2.24) is 15.6 Å². The molecule has 4 aromatic rings. The number of thiazole rings is 1. The molecule has 35 heavy (non-hydrogen) atoms. The van der Waals surface area contributed by atoms with Crippen LogP contribution in [0.1, 0.15) is 41.2 Å². The summed E-state index contributed by atoms with van der Waals surface area (Å²) in [5.74, 6) is -0.204. The van der Waals surface area contributed by atoms with Gasteiger partial charge >= 0.3 is 4.87 Å². The number of aromatic nitrogens is 1. The van der Waals surface area contributed by atoms with Gasteiger partial charge in [0.15, 0.2) is 0 Å². The summed E-state index contributed by atoms with van der Waals surface area (Å²) in [5, 5.41) is 27.4. The number of rotatable bonds is 10. The summed E-state index contributed by atoms with van der Waals surface area (Å²) in [7, 11) is 0. The molecule has 8 heteroatoms. The van der Waals surface area contributed by atoms with Crippen molar-refractivity contribution in [2.24, 2.45) is 0 Å². The minimum atomic E-state index is -0.783. The van der Waals surface area contributed by atoms with Crippen LogP contribution < -0.4 is 15.5 Å². The zero-order valence-corrected chi connectivity index (χ0v) is 20.0. The normalized spacial score (nSPS) is 15.4. The topological polar surface area (TPSA) is 97.4 Å². The van der Waals surface area contributed by atoms with Gasteiger partial charge in [0.25, 0.3) is 0 Å². The van der Waals surface area contributed by atoms with Gasteiger partial charge < -0.3 is 25.8 Å². The Labute approximate surface area is 206 Å². The van der Waals surface area contributed by atoms with E-state index >= 15 is 0 Å². The smallest absolute Gasteiger partial charge is 0.305 e. The summed E-state index contributed by atoms with van der Waals surface area (Å²) in [6.45, 7) is 1.81. The number of H-pyrrole nitrogens is 1. The summed E-state index contributed by atoms with van der Waals surface area (Å²) < 4.78 is 13.8. The lowest BCUT2D eigenvalue weighted by atomic mass is 10.0.